The van der Waals surface area contributed by atoms with Crippen LogP contribution in [0.2, 0.25) is 0 Å². The summed E-state index contributed by atoms with van der Waals surface area (Å²) in [5.41, 5.74) is 1.62. The number of carbonyl (C=O) groups excluding carboxylic acids is 2. The molecule has 1 atom stereocenters. The van der Waals surface area contributed by atoms with Crippen molar-refractivity contribution in [3.05, 3.63) is 59.2 Å². The predicted molar refractivity (Wildman–Crippen MR) is 105 cm³/mol. The van der Waals surface area contributed by atoms with Crippen LogP contribution in [0.3, 0.4) is 0 Å². The van der Waals surface area contributed by atoms with Crippen LogP contribution in [0.4, 0.5) is 0 Å². The zero-order valence-electron chi connectivity index (χ0n) is 16.4. The second-order valence-corrected chi connectivity index (χ2v) is 6.62. The highest BCUT2D eigenvalue weighted by molar-refractivity contribution is 5.91. The number of carbonyl (C=O) groups is 2. The molecule has 1 aliphatic heterocycles. The quantitative estimate of drug-likeness (QED) is 0.700. The van der Waals surface area contributed by atoms with Gasteiger partial charge in [0.15, 0.2) is 6.61 Å². The Kier molecular flexibility index (Phi) is 6.35. The van der Waals surface area contributed by atoms with Crippen LogP contribution in [0.25, 0.3) is 0 Å². The normalized spacial score (nSPS) is 15.5. The number of amides is 1. The van der Waals surface area contributed by atoms with E-state index in [1.807, 2.05) is 24.3 Å². The van der Waals surface area contributed by atoms with E-state index in [-0.39, 0.29) is 18.6 Å². The first-order valence-electron chi connectivity index (χ1n) is 9.26. The topological polar surface area (TPSA) is 88.9 Å². The Labute approximate surface area is 169 Å². The van der Waals surface area contributed by atoms with Crippen molar-refractivity contribution in [2.45, 2.75) is 18.9 Å². The minimum atomic E-state index is -0.599. The van der Waals surface area contributed by atoms with E-state index in [0.29, 0.717) is 29.2 Å². The first kappa shape index (κ1) is 20.2. The highest BCUT2D eigenvalue weighted by atomic mass is 16.5. The van der Waals surface area contributed by atoms with Gasteiger partial charge < -0.3 is 19.1 Å². The number of hydrogen-bond donors (Lipinski definition) is 0. The number of rotatable bonds is 6. The van der Waals surface area contributed by atoms with E-state index in [4.69, 9.17) is 19.5 Å². The number of benzene rings is 2. The number of hydrogen-bond acceptors (Lipinski definition) is 6. The molecule has 0 N–H and O–H groups in total. The molecule has 1 fully saturated rings. The van der Waals surface area contributed by atoms with E-state index in [0.717, 1.165) is 18.4 Å². The Morgan fingerprint density at radius 2 is 1.90 bits per heavy atom. The van der Waals surface area contributed by atoms with Crippen LogP contribution in [0.5, 0.6) is 11.5 Å². The summed E-state index contributed by atoms with van der Waals surface area (Å²) in [5.74, 6) is 0.509. The van der Waals surface area contributed by atoms with Gasteiger partial charge in [-0.15, -0.1) is 0 Å². The van der Waals surface area contributed by atoms with Gasteiger partial charge in [0.2, 0.25) is 0 Å². The lowest BCUT2D eigenvalue weighted by Crippen LogP contribution is -2.34. The maximum atomic E-state index is 12.8. The third-order valence-corrected chi connectivity index (χ3v) is 4.95. The molecule has 0 bridgehead atoms. The standard InChI is InChI=1S/C22H22N2O5/c1-27-17-9-10-20(28-2)18(12-17)19-4-3-11-24(19)21(25)14-29-22(26)16-7-5-15(13-23)6-8-16/h5-10,12,19H,3-4,11,14H2,1-2H3/t19-/m1/s1. The molecule has 1 heterocycles. The number of likely N-dealkylation sites (tertiary alicyclic amines) is 1. The molecule has 1 amide bonds. The molecule has 2 aromatic rings. The van der Waals surface area contributed by atoms with Crippen molar-refractivity contribution in [1.29, 1.82) is 5.26 Å². The zero-order valence-corrected chi connectivity index (χ0v) is 16.4. The summed E-state index contributed by atoms with van der Waals surface area (Å²) in [4.78, 5) is 26.7. The van der Waals surface area contributed by atoms with Crippen LogP contribution in [0.15, 0.2) is 42.5 Å². The van der Waals surface area contributed by atoms with Crippen LogP contribution < -0.4 is 9.47 Å². The van der Waals surface area contributed by atoms with Gasteiger partial charge in [0.25, 0.3) is 5.91 Å². The van der Waals surface area contributed by atoms with Gasteiger partial charge in [0.1, 0.15) is 11.5 Å². The van der Waals surface area contributed by atoms with E-state index < -0.39 is 5.97 Å². The minimum absolute atomic E-state index is 0.166. The van der Waals surface area contributed by atoms with E-state index in [1.54, 1.807) is 19.1 Å². The molecule has 3 rings (SSSR count). The second kappa shape index (κ2) is 9.11. The number of methoxy groups -OCH3 is 2. The Hall–Kier alpha value is -3.53. The number of esters is 1. The number of nitrogens with zero attached hydrogens (tertiary/aromatic N) is 2. The molecule has 0 unspecified atom stereocenters. The molecule has 7 heteroatoms. The third-order valence-electron chi connectivity index (χ3n) is 4.95. The average Bonchev–Trinajstić information content (AvgIpc) is 3.26. The van der Waals surface area contributed by atoms with Gasteiger partial charge in [-0.05, 0) is 55.3 Å². The summed E-state index contributed by atoms with van der Waals surface area (Å²) in [6.07, 6.45) is 1.64. The van der Waals surface area contributed by atoms with E-state index >= 15 is 0 Å². The number of nitriles is 1. The Morgan fingerprint density at radius 1 is 1.14 bits per heavy atom. The molecule has 1 saturated heterocycles. The van der Waals surface area contributed by atoms with Crippen LogP contribution in [-0.2, 0) is 9.53 Å². The molecule has 0 radical (unpaired) electrons. The van der Waals surface area contributed by atoms with Gasteiger partial charge in [0.05, 0.1) is 37.5 Å². The van der Waals surface area contributed by atoms with Crippen molar-refractivity contribution in [1.82, 2.24) is 4.90 Å². The lowest BCUT2D eigenvalue weighted by atomic mass is 10.0. The first-order chi connectivity index (χ1) is 14.1. The van der Waals surface area contributed by atoms with E-state index in [1.165, 1.54) is 24.3 Å². The smallest absolute Gasteiger partial charge is 0.338 e. The molecular formula is C22H22N2O5. The van der Waals surface area contributed by atoms with Crippen molar-refractivity contribution >= 4 is 11.9 Å². The third kappa shape index (κ3) is 4.49. The van der Waals surface area contributed by atoms with Crippen molar-refractivity contribution in [2.75, 3.05) is 27.4 Å². The van der Waals surface area contributed by atoms with E-state index in [2.05, 4.69) is 0 Å². The molecule has 29 heavy (non-hydrogen) atoms. The second-order valence-electron chi connectivity index (χ2n) is 6.62. The molecular weight excluding hydrogens is 372 g/mol. The molecule has 0 spiro atoms. The van der Waals surface area contributed by atoms with Gasteiger partial charge in [-0.2, -0.15) is 5.26 Å². The number of ether oxygens (including phenoxy) is 3. The van der Waals surface area contributed by atoms with Gasteiger partial charge >= 0.3 is 5.97 Å². The summed E-state index contributed by atoms with van der Waals surface area (Å²) in [5, 5.41) is 8.82. The summed E-state index contributed by atoms with van der Waals surface area (Å²) >= 11 is 0. The minimum Gasteiger partial charge on any atom is -0.497 e. The van der Waals surface area contributed by atoms with Crippen molar-refractivity contribution in [3.63, 3.8) is 0 Å². The van der Waals surface area contributed by atoms with E-state index in [9.17, 15) is 9.59 Å². The highest BCUT2D eigenvalue weighted by Gasteiger charge is 2.32. The molecule has 0 saturated carbocycles. The SMILES string of the molecule is COc1ccc(OC)c([C@H]2CCCN2C(=O)COC(=O)c2ccc(C#N)cc2)c1. The van der Waals surface area contributed by atoms with Gasteiger partial charge in [-0.1, -0.05) is 0 Å². The molecule has 150 valence electrons. The fourth-order valence-electron chi connectivity index (χ4n) is 3.46. The summed E-state index contributed by atoms with van der Waals surface area (Å²) in [7, 11) is 3.18. The van der Waals surface area contributed by atoms with Crippen molar-refractivity contribution in [2.24, 2.45) is 0 Å². The molecule has 0 aliphatic carbocycles. The van der Waals surface area contributed by atoms with Crippen molar-refractivity contribution in [3.8, 4) is 17.6 Å². The Bertz CT molecular complexity index is 933. The van der Waals surface area contributed by atoms with Gasteiger partial charge in [-0.3, -0.25) is 4.79 Å². The van der Waals surface area contributed by atoms with Gasteiger partial charge in [0, 0.05) is 12.1 Å². The fraction of sp³-hybridized carbons (Fsp3) is 0.318. The maximum absolute atomic E-state index is 12.8. The molecule has 2 aromatic carbocycles. The van der Waals surface area contributed by atoms with Crippen LogP contribution in [-0.4, -0.2) is 44.1 Å². The lowest BCUT2D eigenvalue weighted by Gasteiger charge is -2.26. The van der Waals surface area contributed by atoms with Crippen LogP contribution in [0, 0.1) is 11.3 Å². The predicted octanol–water partition coefficient (Wildman–Crippen LogP) is 3.10. The molecule has 0 aromatic heterocycles. The zero-order chi connectivity index (χ0) is 20.8. The average molecular weight is 394 g/mol. The monoisotopic (exact) mass is 394 g/mol. The Balaban J connectivity index is 1.69. The molecule has 7 nitrogen and oxygen atoms in total. The largest absolute Gasteiger partial charge is 0.497 e. The van der Waals surface area contributed by atoms with Crippen molar-refractivity contribution < 1.29 is 23.8 Å². The highest BCUT2D eigenvalue weighted by Crippen LogP contribution is 2.38. The van der Waals surface area contributed by atoms with Gasteiger partial charge in [-0.25, -0.2) is 4.79 Å². The lowest BCUT2D eigenvalue weighted by molar-refractivity contribution is -0.135. The summed E-state index contributed by atoms with van der Waals surface area (Å²) in [6.45, 7) is 0.236. The Morgan fingerprint density at radius 3 is 2.55 bits per heavy atom. The summed E-state index contributed by atoms with van der Waals surface area (Å²) < 4.78 is 16.0. The summed E-state index contributed by atoms with van der Waals surface area (Å²) in [6, 6.07) is 13.4. The first-order valence-corrected chi connectivity index (χ1v) is 9.26. The fourth-order valence-corrected chi connectivity index (χ4v) is 3.46. The molecule has 1 aliphatic rings. The van der Waals surface area contributed by atoms with Crippen LogP contribution in [0.1, 0.15) is 40.4 Å². The maximum Gasteiger partial charge on any atom is 0.338 e. The van der Waals surface area contributed by atoms with Crippen LogP contribution >= 0.6 is 0 Å².